The predicted octanol–water partition coefficient (Wildman–Crippen LogP) is 3.90. The Bertz CT molecular complexity index is 877. The lowest BCUT2D eigenvalue weighted by Gasteiger charge is -2.41. The molecule has 0 aliphatic heterocycles. The summed E-state index contributed by atoms with van der Waals surface area (Å²) < 4.78 is 25.3. The van der Waals surface area contributed by atoms with Gasteiger partial charge in [-0.05, 0) is 22.9 Å². The molecule has 1 aromatic carbocycles. The first-order valence-corrected chi connectivity index (χ1v) is 7.99. The topological polar surface area (TPSA) is 81.3 Å². The number of aromatic hydroxyl groups is 1. The number of ether oxygens (including phenoxy) is 1. The molecular formula is C17H13ClFN3O3. The van der Waals surface area contributed by atoms with Crippen LogP contribution in [0.5, 0.6) is 11.8 Å². The minimum Gasteiger partial charge on any atom is -0.491 e. The number of alkyl halides is 1. The third kappa shape index (κ3) is 3.15. The Kier molecular flexibility index (Phi) is 3.80. The molecule has 1 fully saturated rings. The molecule has 3 aromatic rings. The van der Waals surface area contributed by atoms with E-state index in [4.69, 9.17) is 26.0 Å². The maximum atomic E-state index is 14.8. The van der Waals surface area contributed by atoms with Crippen LogP contribution in [0.3, 0.4) is 0 Å². The number of hydrogen-bond acceptors (Lipinski definition) is 6. The summed E-state index contributed by atoms with van der Waals surface area (Å²) in [6.45, 7) is 0. The molecule has 0 atom stereocenters. The highest BCUT2D eigenvalue weighted by atomic mass is 35.5. The Morgan fingerprint density at radius 2 is 1.96 bits per heavy atom. The first kappa shape index (κ1) is 15.8. The number of halogens is 2. The van der Waals surface area contributed by atoms with Crippen LogP contribution in [0.1, 0.15) is 18.4 Å². The highest BCUT2D eigenvalue weighted by molar-refractivity contribution is 6.30. The van der Waals surface area contributed by atoms with E-state index < -0.39 is 5.67 Å². The van der Waals surface area contributed by atoms with E-state index in [1.54, 1.807) is 24.3 Å². The quantitative estimate of drug-likeness (QED) is 0.759. The summed E-state index contributed by atoms with van der Waals surface area (Å²) in [7, 11) is 0. The monoisotopic (exact) mass is 361 g/mol. The zero-order valence-corrected chi connectivity index (χ0v) is 13.7. The van der Waals surface area contributed by atoms with Crippen molar-refractivity contribution in [1.82, 2.24) is 15.1 Å². The van der Waals surface area contributed by atoms with E-state index in [0.29, 0.717) is 27.9 Å². The van der Waals surface area contributed by atoms with Crippen LogP contribution >= 0.6 is 11.6 Å². The summed E-state index contributed by atoms with van der Waals surface area (Å²) in [5.41, 5.74) is -0.391. The van der Waals surface area contributed by atoms with E-state index in [9.17, 15) is 4.39 Å². The summed E-state index contributed by atoms with van der Waals surface area (Å²) in [5.74, 6) is 0.370. The summed E-state index contributed by atoms with van der Waals surface area (Å²) in [5, 5.41) is 13.1. The molecule has 0 spiro atoms. The highest BCUT2D eigenvalue weighted by Gasteiger charge is 2.47. The molecule has 0 saturated heterocycles. The molecule has 2 aromatic heterocycles. The molecule has 1 aliphatic rings. The standard InChI is InChI=1S/C17H13ClFN3O3/c18-11-3-1-10(2-4-11)17(19)6-12(7-17)24-16-9-20-13(8-21-16)14-5-15(23)22-25-14/h1-5,8-9,12H,6-7H2,(H,22,23)/t12-,17-. The molecule has 25 heavy (non-hydrogen) atoms. The second-order valence-corrected chi connectivity index (χ2v) is 6.35. The Morgan fingerprint density at radius 1 is 1.20 bits per heavy atom. The third-order valence-electron chi connectivity index (χ3n) is 4.13. The van der Waals surface area contributed by atoms with E-state index >= 15 is 0 Å². The van der Waals surface area contributed by atoms with Gasteiger partial charge in [-0.2, -0.15) is 0 Å². The zero-order chi connectivity index (χ0) is 17.4. The van der Waals surface area contributed by atoms with Gasteiger partial charge in [-0.15, -0.1) is 0 Å². The first-order chi connectivity index (χ1) is 12.0. The maximum Gasteiger partial charge on any atom is 0.252 e. The molecule has 6 nitrogen and oxygen atoms in total. The van der Waals surface area contributed by atoms with Crippen LogP contribution in [0, 0.1) is 0 Å². The summed E-state index contributed by atoms with van der Waals surface area (Å²) in [4.78, 5) is 8.26. The van der Waals surface area contributed by atoms with Gasteiger partial charge in [-0.3, -0.25) is 0 Å². The van der Waals surface area contributed by atoms with Crippen LogP contribution in [-0.2, 0) is 5.67 Å². The van der Waals surface area contributed by atoms with Crippen molar-refractivity contribution >= 4 is 11.6 Å². The number of benzene rings is 1. The summed E-state index contributed by atoms with van der Waals surface area (Å²) >= 11 is 5.83. The summed E-state index contributed by atoms with van der Waals surface area (Å²) in [6, 6.07) is 8.08. The van der Waals surface area contributed by atoms with Crippen LogP contribution in [0.25, 0.3) is 11.5 Å². The number of hydrogen-bond donors (Lipinski definition) is 1. The molecule has 0 radical (unpaired) electrons. The van der Waals surface area contributed by atoms with Gasteiger partial charge in [-0.1, -0.05) is 23.7 Å². The Balaban J connectivity index is 1.38. The molecule has 1 N–H and O–H groups in total. The zero-order valence-electron chi connectivity index (χ0n) is 12.9. The van der Waals surface area contributed by atoms with Gasteiger partial charge in [0.2, 0.25) is 5.88 Å². The molecule has 1 saturated carbocycles. The Hall–Kier alpha value is -2.67. The van der Waals surface area contributed by atoms with Crippen molar-refractivity contribution in [3.8, 4) is 23.2 Å². The fourth-order valence-corrected chi connectivity index (χ4v) is 2.92. The number of rotatable bonds is 4. The Labute approximate surface area is 147 Å². The lowest BCUT2D eigenvalue weighted by Crippen LogP contribution is -2.44. The van der Waals surface area contributed by atoms with Gasteiger partial charge in [0, 0.05) is 17.9 Å². The predicted molar refractivity (Wildman–Crippen MR) is 87.1 cm³/mol. The minimum absolute atomic E-state index is 0.229. The van der Waals surface area contributed by atoms with Crippen molar-refractivity contribution in [2.75, 3.05) is 0 Å². The fraction of sp³-hybridized carbons (Fsp3) is 0.235. The highest BCUT2D eigenvalue weighted by Crippen LogP contribution is 2.46. The SMILES string of the molecule is Oc1cc(-c2cnc(O[C@H]3C[C@@](F)(c4ccc(Cl)cc4)C3)cn2)on1. The largest absolute Gasteiger partial charge is 0.491 e. The lowest BCUT2D eigenvalue weighted by molar-refractivity contribution is -0.0487. The van der Waals surface area contributed by atoms with Crippen LogP contribution in [0.15, 0.2) is 47.2 Å². The van der Waals surface area contributed by atoms with Crippen LogP contribution in [0.4, 0.5) is 4.39 Å². The summed E-state index contributed by atoms with van der Waals surface area (Å²) in [6.07, 6.45) is 3.09. The van der Waals surface area contributed by atoms with Crippen molar-refractivity contribution in [2.24, 2.45) is 0 Å². The molecule has 0 bridgehead atoms. The van der Waals surface area contributed by atoms with Gasteiger partial charge < -0.3 is 14.4 Å². The van der Waals surface area contributed by atoms with Gasteiger partial charge in [0.1, 0.15) is 17.5 Å². The molecule has 128 valence electrons. The molecular weight excluding hydrogens is 349 g/mol. The van der Waals surface area contributed by atoms with E-state index in [1.807, 2.05) is 0 Å². The Morgan fingerprint density at radius 3 is 2.56 bits per heavy atom. The molecule has 0 amide bonds. The van der Waals surface area contributed by atoms with Gasteiger partial charge in [-0.25, -0.2) is 14.4 Å². The van der Waals surface area contributed by atoms with E-state index in [2.05, 4.69) is 15.1 Å². The average molecular weight is 362 g/mol. The normalized spacial score (nSPS) is 22.4. The van der Waals surface area contributed by atoms with Crippen LogP contribution in [0.2, 0.25) is 5.02 Å². The molecule has 0 unspecified atom stereocenters. The number of aromatic nitrogens is 3. The van der Waals surface area contributed by atoms with Gasteiger partial charge in [0.05, 0.1) is 18.5 Å². The maximum absolute atomic E-state index is 14.8. The van der Waals surface area contributed by atoms with Crippen molar-refractivity contribution in [3.05, 3.63) is 53.3 Å². The van der Waals surface area contributed by atoms with E-state index in [-0.39, 0.29) is 24.8 Å². The van der Waals surface area contributed by atoms with Crippen molar-refractivity contribution in [1.29, 1.82) is 0 Å². The molecule has 8 heteroatoms. The molecule has 2 heterocycles. The van der Waals surface area contributed by atoms with E-state index in [0.717, 1.165) is 0 Å². The molecule has 4 rings (SSSR count). The van der Waals surface area contributed by atoms with Crippen molar-refractivity contribution < 1.29 is 18.8 Å². The second-order valence-electron chi connectivity index (χ2n) is 5.91. The third-order valence-corrected chi connectivity index (χ3v) is 4.38. The minimum atomic E-state index is -1.40. The first-order valence-electron chi connectivity index (χ1n) is 7.61. The molecule has 1 aliphatic carbocycles. The van der Waals surface area contributed by atoms with Crippen LogP contribution < -0.4 is 4.74 Å². The van der Waals surface area contributed by atoms with Crippen LogP contribution in [-0.4, -0.2) is 26.3 Å². The van der Waals surface area contributed by atoms with E-state index in [1.165, 1.54) is 18.5 Å². The lowest BCUT2D eigenvalue weighted by atomic mass is 9.74. The van der Waals surface area contributed by atoms with Crippen molar-refractivity contribution in [2.45, 2.75) is 24.6 Å². The van der Waals surface area contributed by atoms with Gasteiger partial charge in [0.15, 0.2) is 5.76 Å². The number of nitrogens with zero attached hydrogens (tertiary/aromatic N) is 3. The van der Waals surface area contributed by atoms with Crippen molar-refractivity contribution in [3.63, 3.8) is 0 Å². The average Bonchev–Trinajstić information content (AvgIpc) is 3.01. The second kappa shape index (κ2) is 6.00. The smallest absolute Gasteiger partial charge is 0.252 e. The van der Waals surface area contributed by atoms with Gasteiger partial charge in [0.25, 0.3) is 5.88 Å². The van der Waals surface area contributed by atoms with Gasteiger partial charge >= 0.3 is 0 Å². The fourth-order valence-electron chi connectivity index (χ4n) is 2.79.